The molecule has 0 aliphatic rings. The first-order valence-electron chi connectivity index (χ1n) is 6.78. The molecule has 0 spiro atoms. The molecule has 1 rings (SSSR count). The van der Waals surface area contributed by atoms with E-state index in [2.05, 4.69) is 40.7 Å². The van der Waals surface area contributed by atoms with Crippen LogP contribution in [0.4, 0.5) is 0 Å². The molecule has 0 atom stereocenters. The van der Waals surface area contributed by atoms with Crippen molar-refractivity contribution in [3.63, 3.8) is 0 Å². The zero-order chi connectivity index (χ0) is 14.3. The zero-order valence-corrected chi connectivity index (χ0v) is 14.3. The molecular weight excluding hydrogens is 326 g/mol. The maximum absolute atomic E-state index is 5.94. The minimum Gasteiger partial charge on any atom is -0.497 e. The summed E-state index contributed by atoms with van der Waals surface area (Å²) in [4.78, 5) is 2.45. The van der Waals surface area contributed by atoms with E-state index in [4.69, 9.17) is 16.3 Å². The first-order valence-corrected chi connectivity index (χ1v) is 8.11. The Balaban J connectivity index is 2.88. The number of nitrogens with zero attached hydrogens (tertiary/aromatic N) is 1. The van der Waals surface area contributed by atoms with Gasteiger partial charge in [-0.1, -0.05) is 29.8 Å². The van der Waals surface area contributed by atoms with Crippen LogP contribution in [-0.4, -0.2) is 30.5 Å². The number of ether oxygens (including phenoxy) is 1. The smallest absolute Gasteiger partial charge is 0.119 e. The Bertz CT molecular complexity index is 382. The Kier molecular flexibility index (Phi) is 7.81. The van der Waals surface area contributed by atoms with E-state index in [0.717, 1.165) is 36.2 Å². The fraction of sp³-hybridized carbons (Fsp3) is 0.600. The summed E-state index contributed by atoms with van der Waals surface area (Å²) < 4.78 is 6.42. The van der Waals surface area contributed by atoms with Gasteiger partial charge in [-0.15, -0.1) is 11.6 Å². The van der Waals surface area contributed by atoms with Crippen molar-refractivity contribution >= 4 is 27.5 Å². The lowest BCUT2D eigenvalue weighted by Gasteiger charge is -2.30. The van der Waals surface area contributed by atoms with Gasteiger partial charge in [0.05, 0.1) is 7.11 Å². The number of methoxy groups -OCH3 is 1. The molecule has 0 bridgehead atoms. The average molecular weight is 349 g/mol. The van der Waals surface area contributed by atoms with Crippen LogP contribution >= 0.6 is 27.5 Å². The SMILES string of the molecule is CCC(CC)N(CCCl)Cc1cc(OC)ccc1Br. The van der Waals surface area contributed by atoms with Crippen molar-refractivity contribution in [3.8, 4) is 5.75 Å². The van der Waals surface area contributed by atoms with Gasteiger partial charge >= 0.3 is 0 Å². The summed E-state index contributed by atoms with van der Waals surface area (Å²) >= 11 is 9.56. The molecular formula is C15H23BrClNO. The molecule has 108 valence electrons. The van der Waals surface area contributed by atoms with Crippen LogP contribution in [0.2, 0.25) is 0 Å². The summed E-state index contributed by atoms with van der Waals surface area (Å²) in [5.41, 5.74) is 1.25. The lowest BCUT2D eigenvalue weighted by molar-refractivity contribution is 0.187. The lowest BCUT2D eigenvalue weighted by Crippen LogP contribution is -2.35. The zero-order valence-electron chi connectivity index (χ0n) is 12.0. The summed E-state index contributed by atoms with van der Waals surface area (Å²) in [6, 6.07) is 6.68. The van der Waals surface area contributed by atoms with Crippen molar-refractivity contribution in [1.29, 1.82) is 0 Å². The number of benzene rings is 1. The van der Waals surface area contributed by atoms with Crippen molar-refractivity contribution in [3.05, 3.63) is 28.2 Å². The summed E-state index contributed by atoms with van der Waals surface area (Å²) in [5.74, 6) is 1.56. The summed E-state index contributed by atoms with van der Waals surface area (Å²) in [5, 5.41) is 0. The third-order valence-electron chi connectivity index (χ3n) is 3.46. The summed E-state index contributed by atoms with van der Waals surface area (Å²) in [6.07, 6.45) is 2.30. The minimum absolute atomic E-state index is 0.580. The molecule has 0 unspecified atom stereocenters. The van der Waals surface area contributed by atoms with Crippen LogP contribution in [0.15, 0.2) is 22.7 Å². The number of halogens is 2. The maximum atomic E-state index is 5.94. The Hall–Kier alpha value is -0.250. The largest absolute Gasteiger partial charge is 0.497 e. The molecule has 0 aliphatic heterocycles. The van der Waals surface area contributed by atoms with E-state index in [1.165, 1.54) is 5.56 Å². The Morgan fingerprint density at radius 2 is 2.00 bits per heavy atom. The van der Waals surface area contributed by atoms with Crippen molar-refractivity contribution in [1.82, 2.24) is 4.90 Å². The van der Waals surface area contributed by atoms with Gasteiger partial charge in [-0.05, 0) is 36.6 Å². The predicted molar refractivity (Wildman–Crippen MR) is 86.2 cm³/mol. The van der Waals surface area contributed by atoms with Gasteiger partial charge in [-0.25, -0.2) is 0 Å². The molecule has 0 saturated carbocycles. The predicted octanol–water partition coefficient (Wildman–Crippen LogP) is 4.69. The molecule has 1 aromatic carbocycles. The van der Waals surface area contributed by atoms with Crippen LogP contribution in [0.25, 0.3) is 0 Å². The van der Waals surface area contributed by atoms with Gasteiger partial charge < -0.3 is 4.74 Å². The van der Waals surface area contributed by atoms with Gasteiger partial charge in [0.2, 0.25) is 0 Å². The van der Waals surface area contributed by atoms with Crippen molar-refractivity contribution in [2.75, 3.05) is 19.5 Å². The van der Waals surface area contributed by atoms with E-state index in [0.29, 0.717) is 11.9 Å². The van der Waals surface area contributed by atoms with Crippen LogP contribution in [0.5, 0.6) is 5.75 Å². The normalized spacial score (nSPS) is 11.3. The quantitative estimate of drug-likeness (QED) is 0.632. The first kappa shape index (κ1) is 16.8. The van der Waals surface area contributed by atoms with Crippen molar-refractivity contribution in [2.45, 2.75) is 39.3 Å². The lowest BCUT2D eigenvalue weighted by atomic mass is 10.1. The number of hydrogen-bond donors (Lipinski definition) is 0. The molecule has 0 aromatic heterocycles. The van der Waals surface area contributed by atoms with Crippen LogP contribution in [0.3, 0.4) is 0 Å². The molecule has 0 saturated heterocycles. The summed E-state index contributed by atoms with van der Waals surface area (Å²) in [7, 11) is 1.70. The Morgan fingerprint density at radius 1 is 1.32 bits per heavy atom. The van der Waals surface area contributed by atoms with E-state index in [1.54, 1.807) is 7.11 Å². The first-order chi connectivity index (χ1) is 9.15. The summed E-state index contributed by atoms with van der Waals surface area (Å²) in [6.45, 7) is 6.28. The number of alkyl halides is 1. The van der Waals surface area contributed by atoms with Gasteiger partial charge in [-0.2, -0.15) is 0 Å². The Labute approximate surface area is 130 Å². The van der Waals surface area contributed by atoms with E-state index < -0.39 is 0 Å². The fourth-order valence-corrected chi connectivity index (χ4v) is 2.91. The molecule has 0 radical (unpaired) electrons. The topological polar surface area (TPSA) is 12.5 Å². The molecule has 0 fully saturated rings. The third kappa shape index (κ3) is 4.97. The average Bonchev–Trinajstić information content (AvgIpc) is 2.42. The third-order valence-corrected chi connectivity index (χ3v) is 4.40. The number of rotatable bonds is 8. The highest BCUT2D eigenvalue weighted by Gasteiger charge is 2.16. The van der Waals surface area contributed by atoms with Gasteiger partial charge in [0.25, 0.3) is 0 Å². The van der Waals surface area contributed by atoms with Crippen LogP contribution in [0.1, 0.15) is 32.3 Å². The molecule has 2 nitrogen and oxygen atoms in total. The number of hydrogen-bond acceptors (Lipinski definition) is 2. The molecule has 19 heavy (non-hydrogen) atoms. The standard InChI is InChI=1S/C15H23BrClNO/c1-4-13(5-2)18(9-8-17)11-12-10-14(19-3)6-7-15(12)16/h6-7,10,13H,4-5,8-9,11H2,1-3H3. The van der Waals surface area contributed by atoms with E-state index in [-0.39, 0.29) is 0 Å². The van der Waals surface area contributed by atoms with Crippen LogP contribution in [-0.2, 0) is 6.54 Å². The second-order valence-corrected chi connectivity index (χ2v) is 5.82. The molecule has 0 heterocycles. The van der Waals surface area contributed by atoms with Gasteiger partial charge in [0, 0.05) is 29.5 Å². The van der Waals surface area contributed by atoms with E-state index in [1.807, 2.05) is 12.1 Å². The molecule has 0 aliphatic carbocycles. The van der Waals surface area contributed by atoms with Crippen LogP contribution < -0.4 is 4.74 Å². The fourth-order valence-electron chi connectivity index (χ4n) is 2.32. The monoisotopic (exact) mass is 347 g/mol. The van der Waals surface area contributed by atoms with Crippen LogP contribution in [0, 0.1) is 0 Å². The molecule has 0 N–H and O–H groups in total. The second kappa shape index (κ2) is 8.83. The minimum atomic E-state index is 0.580. The van der Waals surface area contributed by atoms with E-state index >= 15 is 0 Å². The molecule has 4 heteroatoms. The highest BCUT2D eigenvalue weighted by Crippen LogP contribution is 2.25. The van der Waals surface area contributed by atoms with Gasteiger partial charge in [0.1, 0.15) is 5.75 Å². The van der Waals surface area contributed by atoms with Gasteiger partial charge in [0.15, 0.2) is 0 Å². The maximum Gasteiger partial charge on any atom is 0.119 e. The Morgan fingerprint density at radius 3 is 2.53 bits per heavy atom. The van der Waals surface area contributed by atoms with E-state index in [9.17, 15) is 0 Å². The van der Waals surface area contributed by atoms with Crippen molar-refractivity contribution in [2.24, 2.45) is 0 Å². The molecule has 0 amide bonds. The van der Waals surface area contributed by atoms with Crippen molar-refractivity contribution < 1.29 is 4.74 Å². The second-order valence-electron chi connectivity index (χ2n) is 4.59. The highest BCUT2D eigenvalue weighted by molar-refractivity contribution is 9.10. The molecule has 1 aromatic rings. The highest BCUT2D eigenvalue weighted by atomic mass is 79.9. The van der Waals surface area contributed by atoms with Gasteiger partial charge in [-0.3, -0.25) is 4.90 Å².